The van der Waals surface area contributed by atoms with Gasteiger partial charge < -0.3 is 10.2 Å². The van der Waals surface area contributed by atoms with E-state index in [1.165, 1.54) is 11.1 Å². The number of anilines is 1. The van der Waals surface area contributed by atoms with Crippen LogP contribution in [0, 0.1) is 0 Å². The van der Waals surface area contributed by atoms with Crippen molar-refractivity contribution in [2.24, 2.45) is 0 Å². The molecule has 0 aliphatic rings. The SMILES string of the molecule is CN(C)C(=O)C(Nc1nc(Cl)ncc1Cl)c1ccccc1. The normalized spacial score (nSPS) is 11.8. The Kier molecular flexibility index (Phi) is 4.98. The molecule has 1 N–H and O–H groups in total. The second kappa shape index (κ2) is 6.74. The Morgan fingerprint density at radius 3 is 2.52 bits per heavy atom. The first-order chi connectivity index (χ1) is 9.99. The fourth-order valence-corrected chi connectivity index (χ4v) is 2.05. The standard InChI is InChI=1S/C14H14Cl2N4O/c1-20(2)13(21)11(9-6-4-3-5-7-9)18-12-10(15)8-17-14(16)19-12/h3-8,11H,1-2H3,(H,17,18,19). The van der Waals surface area contributed by atoms with Crippen molar-refractivity contribution in [2.45, 2.75) is 6.04 Å². The lowest BCUT2D eigenvalue weighted by molar-refractivity contribution is -0.129. The number of carbonyl (C=O) groups excluding carboxylic acids is 1. The summed E-state index contributed by atoms with van der Waals surface area (Å²) in [5, 5.41) is 3.39. The molecule has 1 atom stereocenters. The molecule has 0 fully saturated rings. The molecule has 0 spiro atoms. The largest absolute Gasteiger partial charge is 0.353 e. The molecule has 1 heterocycles. The third-order valence-electron chi connectivity index (χ3n) is 2.82. The third kappa shape index (κ3) is 3.83. The number of carbonyl (C=O) groups is 1. The monoisotopic (exact) mass is 324 g/mol. The molecule has 7 heteroatoms. The summed E-state index contributed by atoms with van der Waals surface area (Å²) in [6.45, 7) is 0. The van der Waals surface area contributed by atoms with Crippen LogP contribution in [0.15, 0.2) is 36.5 Å². The van der Waals surface area contributed by atoms with Gasteiger partial charge in [0.25, 0.3) is 0 Å². The first-order valence-electron chi connectivity index (χ1n) is 6.19. The summed E-state index contributed by atoms with van der Waals surface area (Å²) in [4.78, 5) is 21.7. The highest BCUT2D eigenvalue weighted by Crippen LogP contribution is 2.25. The molecule has 5 nitrogen and oxygen atoms in total. The van der Waals surface area contributed by atoms with E-state index in [1.54, 1.807) is 14.1 Å². The Hall–Kier alpha value is -1.85. The molecule has 21 heavy (non-hydrogen) atoms. The minimum Gasteiger partial charge on any atom is -0.353 e. The van der Waals surface area contributed by atoms with Gasteiger partial charge in [0.05, 0.1) is 6.20 Å². The molecule has 1 unspecified atom stereocenters. The smallest absolute Gasteiger partial charge is 0.249 e. The van der Waals surface area contributed by atoms with Gasteiger partial charge in [0.15, 0.2) is 5.82 Å². The highest BCUT2D eigenvalue weighted by Gasteiger charge is 2.23. The zero-order chi connectivity index (χ0) is 15.4. The number of nitrogens with one attached hydrogen (secondary N) is 1. The van der Waals surface area contributed by atoms with Crippen LogP contribution in [0.1, 0.15) is 11.6 Å². The number of hydrogen-bond acceptors (Lipinski definition) is 4. The average Bonchev–Trinajstić information content (AvgIpc) is 2.48. The number of nitrogens with zero attached hydrogens (tertiary/aromatic N) is 3. The summed E-state index contributed by atoms with van der Waals surface area (Å²) in [7, 11) is 3.38. The molecule has 0 saturated carbocycles. The minimum atomic E-state index is -0.607. The summed E-state index contributed by atoms with van der Waals surface area (Å²) in [6, 6.07) is 8.72. The van der Waals surface area contributed by atoms with Crippen LogP contribution >= 0.6 is 23.2 Å². The van der Waals surface area contributed by atoms with Crippen LogP contribution in [-0.2, 0) is 4.79 Å². The van der Waals surface area contributed by atoms with E-state index in [0.717, 1.165) is 5.56 Å². The number of rotatable bonds is 4. The van der Waals surface area contributed by atoms with Crippen LogP contribution in [0.25, 0.3) is 0 Å². The van der Waals surface area contributed by atoms with Crippen LogP contribution in [-0.4, -0.2) is 34.9 Å². The van der Waals surface area contributed by atoms with Gasteiger partial charge in [-0.3, -0.25) is 4.79 Å². The molecular formula is C14H14Cl2N4O. The van der Waals surface area contributed by atoms with E-state index >= 15 is 0 Å². The molecule has 0 aliphatic heterocycles. The van der Waals surface area contributed by atoms with Gasteiger partial charge in [-0.1, -0.05) is 41.9 Å². The number of halogens is 2. The van der Waals surface area contributed by atoms with Gasteiger partial charge in [-0.25, -0.2) is 4.98 Å². The zero-order valence-corrected chi connectivity index (χ0v) is 13.1. The van der Waals surface area contributed by atoms with Crippen molar-refractivity contribution in [3.63, 3.8) is 0 Å². The van der Waals surface area contributed by atoms with Gasteiger partial charge in [0, 0.05) is 14.1 Å². The quantitative estimate of drug-likeness (QED) is 0.878. The van der Waals surface area contributed by atoms with Crippen molar-refractivity contribution in [3.05, 3.63) is 52.4 Å². The van der Waals surface area contributed by atoms with E-state index in [9.17, 15) is 4.79 Å². The average molecular weight is 325 g/mol. The molecule has 110 valence electrons. The lowest BCUT2D eigenvalue weighted by atomic mass is 10.1. The van der Waals surface area contributed by atoms with Crippen molar-refractivity contribution >= 4 is 34.9 Å². The van der Waals surface area contributed by atoms with E-state index in [0.29, 0.717) is 10.8 Å². The summed E-state index contributed by atoms with van der Waals surface area (Å²) in [6.07, 6.45) is 1.39. The second-order valence-corrected chi connectivity index (χ2v) is 5.30. The van der Waals surface area contributed by atoms with Gasteiger partial charge >= 0.3 is 0 Å². The molecule has 1 aromatic carbocycles. The Labute approximate surface area is 132 Å². The van der Waals surface area contributed by atoms with Crippen LogP contribution in [0.5, 0.6) is 0 Å². The summed E-state index contributed by atoms with van der Waals surface area (Å²) in [5.41, 5.74) is 0.807. The van der Waals surface area contributed by atoms with Crippen LogP contribution in [0.4, 0.5) is 5.82 Å². The molecular weight excluding hydrogens is 311 g/mol. The Bertz CT molecular complexity index is 634. The van der Waals surface area contributed by atoms with E-state index in [-0.39, 0.29) is 11.2 Å². The number of benzene rings is 1. The molecule has 0 radical (unpaired) electrons. The Morgan fingerprint density at radius 1 is 1.24 bits per heavy atom. The number of aromatic nitrogens is 2. The lowest BCUT2D eigenvalue weighted by Crippen LogP contribution is -2.32. The van der Waals surface area contributed by atoms with E-state index < -0.39 is 6.04 Å². The maximum absolute atomic E-state index is 12.4. The molecule has 0 aliphatic carbocycles. The van der Waals surface area contributed by atoms with Gasteiger partial charge in [0.2, 0.25) is 11.2 Å². The van der Waals surface area contributed by atoms with Crippen LogP contribution in [0.2, 0.25) is 10.3 Å². The fraction of sp³-hybridized carbons (Fsp3) is 0.214. The first kappa shape index (κ1) is 15.5. The van der Waals surface area contributed by atoms with Crippen LogP contribution < -0.4 is 5.32 Å². The minimum absolute atomic E-state index is 0.0611. The Morgan fingerprint density at radius 2 is 1.90 bits per heavy atom. The second-order valence-electron chi connectivity index (χ2n) is 4.56. The van der Waals surface area contributed by atoms with Crippen molar-refractivity contribution in [1.82, 2.24) is 14.9 Å². The number of hydrogen-bond donors (Lipinski definition) is 1. The van der Waals surface area contributed by atoms with E-state index in [2.05, 4.69) is 15.3 Å². The predicted molar refractivity (Wildman–Crippen MR) is 83.6 cm³/mol. The van der Waals surface area contributed by atoms with Crippen molar-refractivity contribution in [2.75, 3.05) is 19.4 Å². The summed E-state index contributed by atoms with van der Waals surface area (Å²) >= 11 is 11.8. The molecule has 1 aromatic heterocycles. The predicted octanol–water partition coefficient (Wildman–Crippen LogP) is 3.02. The van der Waals surface area contributed by atoms with Gasteiger partial charge in [-0.05, 0) is 17.2 Å². The zero-order valence-electron chi connectivity index (χ0n) is 11.5. The molecule has 0 saturated heterocycles. The summed E-state index contributed by atoms with van der Waals surface area (Å²) in [5.74, 6) is 0.202. The molecule has 1 amide bonds. The number of amides is 1. The molecule has 2 rings (SSSR count). The molecule has 2 aromatic rings. The van der Waals surface area contributed by atoms with Crippen molar-refractivity contribution in [1.29, 1.82) is 0 Å². The maximum atomic E-state index is 12.4. The van der Waals surface area contributed by atoms with Gasteiger partial charge in [0.1, 0.15) is 11.1 Å². The maximum Gasteiger partial charge on any atom is 0.249 e. The fourth-order valence-electron chi connectivity index (χ4n) is 1.77. The summed E-state index contributed by atoms with van der Waals surface area (Å²) < 4.78 is 0. The highest BCUT2D eigenvalue weighted by atomic mass is 35.5. The molecule has 0 bridgehead atoms. The Balaban J connectivity index is 2.37. The lowest BCUT2D eigenvalue weighted by Gasteiger charge is -2.23. The van der Waals surface area contributed by atoms with Gasteiger partial charge in [-0.2, -0.15) is 4.98 Å². The van der Waals surface area contributed by atoms with E-state index in [1.807, 2.05) is 30.3 Å². The van der Waals surface area contributed by atoms with Gasteiger partial charge in [-0.15, -0.1) is 0 Å². The highest BCUT2D eigenvalue weighted by molar-refractivity contribution is 6.33. The van der Waals surface area contributed by atoms with Crippen molar-refractivity contribution < 1.29 is 4.79 Å². The topological polar surface area (TPSA) is 58.1 Å². The first-order valence-corrected chi connectivity index (χ1v) is 6.95. The van der Waals surface area contributed by atoms with Crippen molar-refractivity contribution in [3.8, 4) is 0 Å². The van der Waals surface area contributed by atoms with Crippen LogP contribution in [0.3, 0.4) is 0 Å². The van der Waals surface area contributed by atoms with E-state index in [4.69, 9.17) is 23.2 Å². The number of likely N-dealkylation sites (N-methyl/N-ethyl adjacent to an activating group) is 1. The third-order valence-corrected chi connectivity index (χ3v) is 3.28.